The minimum Gasteiger partial charge on any atom is -0.469 e. The van der Waals surface area contributed by atoms with E-state index in [1.807, 2.05) is 6.92 Å². The van der Waals surface area contributed by atoms with E-state index >= 15 is 0 Å². The van der Waals surface area contributed by atoms with E-state index < -0.39 is 0 Å². The number of alkyl halides is 1. The second-order valence-corrected chi connectivity index (χ2v) is 5.41. The van der Waals surface area contributed by atoms with Gasteiger partial charge in [-0.1, -0.05) is 22.4 Å². The molecule has 94 valence electrons. The molecule has 0 spiro atoms. The molecule has 1 fully saturated rings. The van der Waals surface area contributed by atoms with Crippen LogP contribution in [-0.4, -0.2) is 17.8 Å². The number of rotatable bonds is 4. The van der Waals surface area contributed by atoms with E-state index in [1.54, 1.807) is 6.07 Å². The normalized spacial score (nSPS) is 23.9. The van der Waals surface area contributed by atoms with Crippen molar-refractivity contribution in [2.45, 2.75) is 26.2 Å². The third-order valence-corrected chi connectivity index (χ3v) is 4.36. The summed E-state index contributed by atoms with van der Waals surface area (Å²) in [7, 11) is 0. The van der Waals surface area contributed by atoms with Gasteiger partial charge in [-0.3, -0.25) is 4.79 Å². The quantitative estimate of drug-likeness (QED) is 0.868. The van der Waals surface area contributed by atoms with Crippen LogP contribution in [0, 0.1) is 18.8 Å². The minimum absolute atomic E-state index is 0.0259. The molecule has 1 amide bonds. The van der Waals surface area contributed by atoms with Gasteiger partial charge in [0.15, 0.2) is 0 Å². The maximum atomic E-state index is 11.8. The number of carbonyl (C=O) groups excluding carboxylic acids is 1. The van der Waals surface area contributed by atoms with E-state index in [0.29, 0.717) is 17.4 Å². The Hall–Kier alpha value is -0.770. The summed E-state index contributed by atoms with van der Waals surface area (Å²) >= 11 is 3.54. The van der Waals surface area contributed by atoms with Crippen molar-refractivity contribution in [2.75, 3.05) is 11.9 Å². The van der Waals surface area contributed by atoms with Crippen molar-refractivity contribution in [2.24, 2.45) is 11.8 Å². The Labute approximate surface area is 110 Å². The summed E-state index contributed by atoms with van der Waals surface area (Å²) in [6, 6.07) is 1.77. The first-order valence-corrected chi connectivity index (χ1v) is 7.22. The van der Waals surface area contributed by atoms with E-state index in [1.165, 1.54) is 25.5 Å². The number of furan rings is 1. The Morgan fingerprint density at radius 1 is 1.53 bits per heavy atom. The van der Waals surface area contributed by atoms with Gasteiger partial charge in [0.2, 0.25) is 0 Å². The summed E-state index contributed by atoms with van der Waals surface area (Å²) < 4.78 is 5.13. The fourth-order valence-electron chi connectivity index (χ4n) is 2.47. The molecule has 0 aliphatic heterocycles. The zero-order valence-electron chi connectivity index (χ0n) is 10.0. The third-order valence-electron chi connectivity index (χ3n) is 3.53. The van der Waals surface area contributed by atoms with Crippen molar-refractivity contribution in [1.29, 1.82) is 0 Å². The second kappa shape index (κ2) is 5.71. The molecule has 1 aliphatic rings. The first-order valence-electron chi connectivity index (χ1n) is 6.10. The Kier molecular flexibility index (Phi) is 4.26. The van der Waals surface area contributed by atoms with Crippen LogP contribution >= 0.6 is 15.9 Å². The highest BCUT2D eigenvalue weighted by Crippen LogP contribution is 2.32. The lowest BCUT2D eigenvalue weighted by Crippen LogP contribution is -2.30. The Morgan fingerprint density at radius 2 is 2.29 bits per heavy atom. The topological polar surface area (TPSA) is 42.2 Å². The molecule has 0 aromatic carbocycles. The lowest BCUT2D eigenvalue weighted by Gasteiger charge is -2.17. The fraction of sp³-hybridized carbons (Fsp3) is 0.615. The predicted molar refractivity (Wildman–Crippen MR) is 70.4 cm³/mol. The largest absolute Gasteiger partial charge is 0.469 e. The SMILES string of the molecule is Cc1cc(C(=O)NCC2CCCC2CBr)co1. The van der Waals surface area contributed by atoms with E-state index in [9.17, 15) is 4.79 Å². The lowest BCUT2D eigenvalue weighted by atomic mass is 9.98. The molecule has 1 aliphatic carbocycles. The number of nitrogens with one attached hydrogen (secondary N) is 1. The minimum atomic E-state index is -0.0259. The molecule has 0 radical (unpaired) electrons. The third kappa shape index (κ3) is 3.12. The first kappa shape index (κ1) is 12.7. The molecular formula is C13H18BrNO2. The van der Waals surface area contributed by atoms with Crippen LogP contribution in [0.2, 0.25) is 0 Å². The summed E-state index contributed by atoms with van der Waals surface area (Å²) in [6.45, 7) is 2.62. The highest BCUT2D eigenvalue weighted by Gasteiger charge is 2.26. The highest BCUT2D eigenvalue weighted by atomic mass is 79.9. The number of amides is 1. The molecule has 17 heavy (non-hydrogen) atoms. The molecule has 1 saturated carbocycles. The van der Waals surface area contributed by atoms with Gasteiger partial charge >= 0.3 is 0 Å². The molecule has 1 heterocycles. The van der Waals surface area contributed by atoms with Crippen LogP contribution in [0.4, 0.5) is 0 Å². The first-order chi connectivity index (χ1) is 8.20. The molecule has 2 unspecified atom stereocenters. The number of hydrogen-bond acceptors (Lipinski definition) is 2. The second-order valence-electron chi connectivity index (χ2n) is 4.76. The molecular weight excluding hydrogens is 282 g/mol. The van der Waals surface area contributed by atoms with E-state index in [4.69, 9.17) is 4.42 Å². The van der Waals surface area contributed by atoms with Crippen molar-refractivity contribution in [3.63, 3.8) is 0 Å². The van der Waals surface area contributed by atoms with Crippen LogP contribution in [0.15, 0.2) is 16.7 Å². The van der Waals surface area contributed by atoms with E-state index in [0.717, 1.165) is 17.6 Å². The van der Waals surface area contributed by atoms with Gasteiger partial charge in [0.1, 0.15) is 12.0 Å². The number of carbonyl (C=O) groups is 1. The zero-order chi connectivity index (χ0) is 12.3. The van der Waals surface area contributed by atoms with Crippen molar-refractivity contribution < 1.29 is 9.21 Å². The van der Waals surface area contributed by atoms with Crippen LogP contribution in [0.25, 0.3) is 0 Å². The Bertz CT molecular complexity index is 389. The highest BCUT2D eigenvalue weighted by molar-refractivity contribution is 9.09. The van der Waals surface area contributed by atoms with Gasteiger partial charge in [0.25, 0.3) is 5.91 Å². The monoisotopic (exact) mass is 299 g/mol. The van der Waals surface area contributed by atoms with Gasteiger partial charge in [-0.05, 0) is 37.7 Å². The molecule has 2 atom stereocenters. The smallest absolute Gasteiger partial charge is 0.254 e. The van der Waals surface area contributed by atoms with Crippen LogP contribution in [0.1, 0.15) is 35.4 Å². The summed E-state index contributed by atoms with van der Waals surface area (Å²) in [5, 5.41) is 4.04. The van der Waals surface area contributed by atoms with Gasteiger partial charge in [-0.2, -0.15) is 0 Å². The zero-order valence-corrected chi connectivity index (χ0v) is 11.6. The average molecular weight is 300 g/mol. The van der Waals surface area contributed by atoms with E-state index in [2.05, 4.69) is 21.2 Å². The maximum absolute atomic E-state index is 11.8. The Morgan fingerprint density at radius 3 is 2.94 bits per heavy atom. The van der Waals surface area contributed by atoms with Crippen molar-refractivity contribution in [3.8, 4) is 0 Å². The predicted octanol–water partition coefficient (Wildman–Crippen LogP) is 3.13. The van der Waals surface area contributed by atoms with Gasteiger partial charge in [0, 0.05) is 11.9 Å². The number of halogens is 1. The van der Waals surface area contributed by atoms with E-state index in [-0.39, 0.29) is 5.91 Å². The van der Waals surface area contributed by atoms with Gasteiger partial charge in [-0.15, -0.1) is 0 Å². The van der Waals surface area contributed by atoms with Gasteiger partial charge in [-0.25, -0.2) is 0 Å². The molecule has 1 aromatic rings. The molecule has 4 heteroatoms. The Balaban J connectivity index is 1.84. The summed E-state index contributed by atoms with van der Waals surface area (Å²) in [5.41, 5.74) is 0.621. The van der Waals surface area contributed by atoms with Crippen LogP contribution < -0.4 is 5.32 Å². The molecule has 3 nitrogen and oxygen atoms in total. The summed E-state index contributed by atoms with van der Waals surface area (Å²) in [4.78, 5) is 11.8. The maximum Gasteiger partial charge on any atom is 0.254 e. The van der Waals surface area contributed by atoms with Gasteiger partial charge in [0.05, 0.1) is 5.56 Å². The molecule has 0 bridgehead atoms. The van der Waals surface area contributed by atoms with Crippen LogP contribution in [0.3, 0.4) is 0 Å². The summed E-state index contributed by atoms with van der Waals surface area (Å²) in [6.07, 6.45) is 5.29. The lowest BCUT2D eigenvalue weighted by molar-refractivity contribution is 0.0944. The standard InChI is InChI=1S/C13H18BrNO2/c1-9-5-12(8-17-9)13(16)15-7-11-4-2-3-10(11)6-14/h5,8,10-11H,2-4,6-7H2,1H3,(H,15,16). The molecule has 1 N–H and O–H groups in total. The van der Waals surface area contributed by atoms with Gasteiger partial charge < -0.3 is 9.73 Å². The van der Waals surface area contributed by atoms with Crippen LogP contribution in [-0.2, 0) is 0 Å². The van der Waals surface area contributed by atoms with Crippen molar-refractivity contribution >= 4 is 21.8 Å². The molecule has 2 rings (SSSR count). The molecule has 1 aromatic heterocycles. The molecule has 0 saturated heterocycles. The average Bonchev–Trinajstić information content (AvgIpc) is 2.94. The van der Waals surface area contributed by atoms with Crippen molar-refractivity contribution in [1.82, 2.24) is 5.32 Å². The number of aryl methyl sites for hydroxylation is 1. The fourth-order valence-corrected chi connectivity index (χ4v) is 3.33. The summed E-state index contributed by atoms with van der Waals surface area (Å²) in [5.74, 6) is 2.07. The van der Waals surface area contributed by atoms with Crippen molar-refractivity contribution in [3.05, 3.63) is 23.7 Å². The van der Waals surface area contributed by atoms with Crippen LogP contribution in [0.5, 0.6) is 0 Å². The number of hydrogen-bond donors (Lipinski definition) is 1.